The molecule has 0 bridgehead atoms. The summed E-state index contributed by atoms with van der Waals surface area (Å²) in [7, 11) is 1.59. The maximum atomic E-state index is 14.5. The third-order valence-corrected chi connectivity index (χ3v) is 12.0. The number of amides is 3. The number of nitrogens with zero attached hydrogens (tertiary/aromatic N) is 3. The summed E-state index contributed by atoms with van der Waals surface area (Å²) in [5, 5.41) is 19.4. The molecule has 1 saturated heterocycles. The van der Waals surface area contributed by atoms with Crippen LogP contribution in [0.2, 0.25) is 0 Å². The summed E-state index contributed by atoms with van der Waals surface area (Å²) in [5.74, 6) is -1.08. The van der Waals surface area contributed by atoms with E-state index in [0.29, 0.717) is 40.9 Å². The van der Waals surface area contributed by atoms with Gasteiger partial charge in [-0.15, -0.1) is 11.3 Å². The van der Waals surface area contributed by atoms with E-state index < -0.39 is 47.6 Å². The first-order valence-electron chi connectivity index (χ1n) is 19.2. The first-order valence-corrected chi connectivity index (χ1v) is 20.0. The molecule has 2 aliphatic carbocycles. The third-order valence-electron chi connectivity index (χ3n) is 11.1. The Hall–Kier alpha value is -4.72. The van der Waals surface area contributed by atoms with Gasteiger partial charge in [0.15, 0.2) is 0 Å². The Kier molecular flexibility index (Phi) is 11.1. The van der Waals surface area contributed by atoms with Gasteiger partial charge in [0, 0.05) is 35.2 Å². The lowest BCUT2D eigenvalue weighted by molar-refractivity contribution is -0.145. The van der Waals surface area contributed by atoms with Crippen LogP contribution in [0.15, 0.2) is 41.8 Å². The Bertz CT molecular complexity index is 1920. The van der Waals surface area contributed by atoms with Gasteiger partial charge >= 0.3 is 12.1 Å². The number of benzene rings is 1. The number of nitrogens with one attached hydrogen (secondary N) is 2. The molecular weight excluding hydrogens is 711 g/mol. The quantitative estimate of drug-likeness (QED) is 0.220. The molecule has 14 heteroatoms. The minimum Gasteiger partial charge on any atom is -0.497 e. The highest BCUT2D eigenvalue weighted by Gasteiger charge is 2.61. The van der Waals surface area contributed by atoms with Crippen molar-refractivity contribution in [3.63, 3.8) is 0 Å². The Balaban J connectivity index is 1.20. The topological polar surface area (TPSA) is 169 Å². The van der Waals surface area contributed by atoms with Crippen molar-refractivity contribution in [3.05, 3.63) is 47.5 Å². The van der Waals surface area contributed by atoms with Crippen molar-refractivity contribution in [1.82, 2.24) is 25.5 Å². The van der Waals surface area contributed by atoms with E-state index in [2.05, 4.69) is 24.5 Å². The van der Waals surface area contributed by atoms with Crippen LogP contribution in [0, 0.1) is 5.92 Å². The zero-order chi connectivity index (χ0) is 38.0. The lowest BCUT2D eigenvalue weighted by Gasteiger charge is -2.29. The molecule has 2 aromatic heterocycles. The van der Waals surface area contributed by atoms with Gasteiger partial charge in [-0.25, -0.2) is 19.6 Å². The Morgan fingerprint density at radius 2 is 1.85 bits per heavy atom. The molecule has 5 atom stereocenters. The molecule has 0 radical (unpaired) electrons. The Morgan fingerprint density at radius 3 is 2.59 bits per heavy atom. The number of carbonyl (C=O) groups is 4. The summed E-state index contributed by atoms with van der Waals surface area (Å²) in [5.41, 5.74) is 0.761. The van der Waals surface area contributed by atoms with Crippen LogP contribution >= 0.6 is 11.3 Å². The molecule has 3 amide bonds. The molecular formula is C40H49N5O8S. The van der Waals surface area contributed by atoms with Gasteiger partial charge < -0.3 is 34.9 Å². The molecule has 4 aliphatic rings. The zero-order valence-corrected chi connectivity index (χ0v) is 31.9. The van der Waals surface area contributed by atoms with E-state index >= 15 is 0 Å². The van der Waals surface area contributed by atoms with Crippen molar-refractivity contribution in [2.75, 3.05) is 13.7 Å². The number of aromatic nitrogens is 2. The van der Waals surface area contributed by atoms with Crippen LogP contribution in [-0.2, 0) is 19.1 Å². The second-order valence-corrected chi connectivity index (χ2v) is 16.1. The molecule has 3 fully saturated rings. The molecule has 2 aliphatic heterocycles. The molecule has 0 spiro atoms. The molecule has 3 aromatic rings. The fraction of sp³-hybridized carbons (Fsp3) is 0.550. The summed E-state index contributed by atoms with van der Waals surface area (Å²) in [4.78, 5) is 65.5. The van der Waals surface area contributed by atoms with Gasteiger partial charge in [-0.2, -0.15) is 0 Å². The lowest BCUT2D eigenvalue weighted by Crippen LogP contribution is -2.56. The summed E-state index contributed by atoms with van der Waals surface area (Å²) < 4.78 is 17.9. The van der Waals surface area contributed by atoms with Crippen LogP contribution in [0.1, 0.15) is 96.1 Å². The Morgan fingerprint density at radius 1 is 1.06 bits per heavy atom. The second kappa shape index (κ2) is 15.9. The smallest absolute Gasteiger partial charge is 0.408 e. The van der Waals surface area contributed by atoms with Crippen molar-refractivity contribution < 1.29 is 38.5 Å². The number of methoxy groups -OCH3 is 1. The summed E-state index contributed by atoms with van der Waals surface area (Å²) in [6.07, 6.45) is 9.78. The first-order chi connectivity index (χ1) is 26.0. The monoisotopic (exact) mass is 759 g/mol. The third kappa shape index (κ3) is 8.03. The van der Waals surface area contributed by atoms with E-state index in [9.17, 15) is 24.3 Å². The highest BCUT2D eigenvalue weighted by atomic mass is 32.1. The predicted octanol–water partition coefficient (Wildman–Crippen LogP) is 6.36. The minimum atomic E-state index is -1.44. The molecule has 1 aromatic carbocycles. The first kappa shape index (κ1) is 37.6. The van der Waals surface area contributed by atoms with E-state index in [0.717, 1.165) is 55.6 Å². The molecule has 4 heterocycles. The van der Waals surface area contributed by atoms with E-state index in [4.69, 9.17) is 24.2 Å². The number of thiazole rings is 1. The number of carboxylic acids is 1. The zero-order valence-electron chi connectivity index (χ0n) is 31.0. The Labute approximate surface area is 318 Å². The molecule has 1 unspecified atom stereocenters. The van der Waals surface area contributed by atoms with Gasteiger partial charge in [-0.3, -0.25) is 9.59 Å². The average molecular weight is 760 g/mol. The van der Waals surface area contributed by atoms with Gasteiger partial charge in [0.2, 0.25) is 11.8 Å². The van der Waals surface area contributed by atoms with Crippen LogP contribution in [0.5, 0.6) is 11.5 Å². The van der Waals surface area contributed by atoms with Crippen molar-refractivity contribution >= 4 is 46.1 Å². The number of alkyl carbamates (subject to hydrolysis) is 1. The van der Waals surface area contributed by atoms with Gasteiger partial charge in [0.25, 0.3) is 0 Å². The highest BCUT2D eigenvalue weighted by Crippen LogP contribution is 2.45. The standard InChI is InChI=1S/C40H49N5O8S/c1-23(2)32-22-54-36(42-32)31-19-34(28-16-15-26(51-3)17-30(28)41-31)52-27-18-33-35(46)44-40(38(48)49)20-24(40)11-7-5-4-6-8-14-29(37(47)45(33)21-27)43-39(50)53-25-12-9-10-13-25/h7,11,15-17,19,22-25,27,29,33H,4-6,8-10,12-14,18,20-21H2,1-3H3,(H,43,50)(H,44,46)(H,48,49)/b11-7-/t24-,27+,29-,33?,40+/m0/s1. The molecule has 3 N–H and O–H groups in total. The van der Waals surface area contributed by atoms with E-state index in [-0.39, 0.29) is 37.3 Å². The number of carboxylic acid groups (broad SMARTS) is 1. The number of hydrogen-bond acceptors (Lipinski definition) is 10. The SMILES string of the molecule is COc1ccc2c(O[C@@H]3CC4C(=O)N[C@]5(C(=O)O)C[C@@H]5/C=C\CCCCC[C@H](NC(=O)OC5CCCC5)C(=O)N4C3)cc(-c3nc(C(C)C)cs3)nc2c1. The minimum absolute atomic E-state index is 0.0419. The number of pyridine rings is 1. The number of hydrogen-bond donors (Lipinski definition) is 3. The molecule has 7 rings (SSSR count). The lowest BCUT2D eigenvalue weighted by atomic mass is 10.0. The van der Waals surface area contributed by atoms with Crippen LogP contribution in [-0.4, -0.2) is 87.3 Å². The van der Waals surface area contributed by atoms with Gasteiger partial charge in [-0.05, 0) is 69.4 Å². The number of rotatable bonds is 8. The van der Waals surface area contributed by atoms with Crippen LogP contribution in [0.25, 0.3) is 21.6 Å². The highest BCUT2D eigenvalue weighted by molar-refractivity contribution is 7.13. The fourth-order valence-electron chi connectivity index (χ4n) is 7.84. The normalized spacial score (nSPS) is 27.0. The fourth-order valence-corrected chi connectivity index (χ4v) is 8.78. The van der Waals surface area contributed by atoms with E-state index in [1.54, 1.807) is 7.11 Å². The largest absolute Gasteiger partial charge is 0.497 e. The number of allylic oxidation sites excluding steroid dienone is 1. The number of aliphatic carboxylic acids is 1. The molecule has 13 nitrogen and oxygen atoms in total. The van der Waals surface area contributed by atoms with E-state index in [1.807, 2.05) is 41.8 Å². The predicted molar refractivity (Wildman–Crippen MR) is 203 cm³/mol. The number of fused-ring (bicyclic) bond motifs is 3. The molecule has 288 valence electrons. The van der Waals surface area contributed by atoms with Crippen LogP contribution in [0.4, 0.5) is 4.79 Å². The average Bonchev–Trinajstić information content (AvgIpc) is 3.61. The van der Waals surface area contributed by atoms with Gasteiger partial charge in [-0.1, -0.05) is 38.8 Å². The second-order valence-electron chi connectivity index (χ2n) is 15.3. The summed E-state index contributed by atoms with van der Waals surface area (Å²) >= 11 is 1.49. The van der Waals surface area contributed by atoms with Crippen molar-refractivity contribution in [3.8, 4) is 22.2 Å². The summed E-state index contributed by atoms with van der Waals surface area (Å²) in [6, 6.07) is 5.37. The van der Waals surface area contributed by atoms with E-state index in [1.165, 1.54) is 16.2 Å². The van der Waals surface area contributed by atoms with Crippen molar-refractivity contribution in [2.24, 2.45) is 5.92 Å². The van der Waals surface area contributed by atoms with Crippen LogP contribution < -0.4 is 20.1 Å². The van der Waals surface area contributed by atoms with Gasteiger partial charge in [0.1, 0.15) is 52.0 Å². The molecule has 54 heavy (non-hydrogen) atoms. The van der Waals surface area contributed by atoms with Crippen LogP contribution in [0.3, 0.4) is 0 Å². The van der Waals surface area contributed by atoms with Crippen molar-refractivity contribution in [1.29, 1.82) is 0 Å². The number of carbonyl (C=O) groups excluding carboxylic acids is 3. The van der Waals surface area contributed by atoms with Crippen molar-refractivity contribution in [2.45, 2.75) is 120 Å². The molecule has 2 saturated carbocycles. The maximum absolute atomic E-state index is 14.5. The maximum Gasteiger partial charge on any atom is 0.408 e. The number of ether oxygens (including phenoxy) is 3. The summed E-state index contributed by atoms with van der Waals surface area (Å²) in [6.45, 7) is 4.20. The van der Waals surface area contributed by atoms with Gasteiger partial charge in [0.05, 0.1) is 24.9 Å².